The van der Waals surface area contributed by atoms with Gasteiger partial charge in [-0.25, -0.2) is 0 Å². The first-order chi connectivity index (χ1) is 10.1. The lowest BCUT2D eigenvalue weighted by molar-refractivity contribution is 0.303. The number of hydrogen-bond acceptors (Lipinski definition) is 2. The molecule has 108 valence electrons. The van der Waals surface area contributed by atoms with Gasteiger partial charge in [-0.15, -0.1) is 0 Å². The fourth-order valence-electron chi connectivity index (χ4n) is 2.20. The Bertz CT molecular complexity index is 692. The highest BCUT2D eigenvalue weighted by Gasteiger charge is 2.04. The average Bonchev–Trinajstić information content (AvgIpc) is 2.47. The quantitative estimate of drug-likeness (QED) is 0.873. The van der Waals surface area contributed by atoms with Crippen LogP contribution in [0.25, 0.3) is 0 Å². The van der Waals surface area contributed by atoms with Crippen LogP contribution in [0.3, 0.4) is 0 Å². The van der Waals surface area contributed by atoms with E-state index in [-0.39, 0.29) is 0 Å². The SMILES string of the molecule is Cc1cc(C)c(C)c(OCc2cccc(C#CCN)c2)c1. The summed E-state index contributed by atoms with van der Waals surface area (Å²) in [6, 6.07) is 12.3. The molecule has 0 unspecified atom stereocenters. The molecular formula is C19H21NO. The van der Waals surface area contributed by atoms with Crippen molar-refractivity contribution < 1.29 is 4.74 Å². The summed E-state index contributed by atoms with van der Waals surface area (Å²) in [5.41, 5.74) is 11.1. The molecule has 0 aliphatic rings. The van der Waals surface area contributed by atoms with E-state index in [1.807, 2.05) is 24.3 Å². The predicted octanol–water partition coefficient (Wildman–Crippen LogP) is 3.50. The second-order valence-electron chi connectivity index (χ2n) is 5.20. The fraction of sp³-hybridized carbons (Fsp3) is 0.263. The Labute approximate surface area is 126 Å². The summed E-state index contributed by atoms with van der Waals surface area (Å²) in [6.07, 6.45) is 0. The zero-order chi connectivity index (χ0) is 15.2. The maximum absolute atomic E-state index is 5.97. The molecule has 0 saturated heterocycles. The minimum atomic E-state index is 0.377. The maximum atomic E-state index is 5.97. The number of hydrogen-bond donors (Lipinski definition) is 1. The molecule has 2 rings (SSSR count). The van der Waals surface area contributed by atoms with Crippen LogP contribution in [0, 0.1) is 32.6 Å². The molecule has 21 heavy (non-hydrogen) atoms. The highest BCUT2D eigenvalue weighted by atomic mass is 16.5. The maximum Gasteiger partial charge on any atom is 0.123 e. The number of benzene rings is 2. The third-order valence-corrected chi connectivity index (χ3v) is 3.42. The summed E-state index contributed by atoms with van der Waals surface area (Å²) in [5, 5.41) is 0. The number of nitrogens with two attached hydrogens (primary N) is 1. The van der Waals surface area contributed by atoms with Gasteiger partial charge in [-0.3, -0.25) is 0 Å². The first-order valence-corrected chi connectivity index (χ1v) is 7.08. The molecule has 0 saturated carbocycles. The van der Waals surface area contributed by atoms with E-state index in [0.717, 1.165) is 16.9 Å². The van der Waals surface area contributed by atoms with Gasteiger partial charge in [0.15, 0.2) is 0 Å². The van der Waals surface area contributed by atoms with E-state index < -0.39 is 0 Å². The van der Waals surface area contributed by atoms with Crippen molar-refractivity contribution in [2.45, 2.75) is 27.4 Å². The zero-order valence-corrected chi connectivity index (χ0v) is 12.9. The van der Waals surface area contributed by atoms with Gasteiger partial charge >= 0.3 is 0 Å². The van der Waals surface area contributed by atoms with Crippen LogP contribution in [-0.2, 0) is 6.61 Å². The Morgan fingerprint density at radius 2 is 1.90 bits per heavy atom. The molecule has 0 aromatic heterocycles. The Kier molecular flexibility index (Phi) is 5.03. The molecule has 0 heterocycles. The van der Waals surface area contributed by atoms with E-state index in [1.165, 1.54) is 16.7 Å². The lowest BCUT2D eigenvalue weighted by Gasteiger charge is -2.12. The molecule has 0 bridgehead atoms. The van der Waals surface area contributed by atoms with E-state index >= 15 is 0 Å². The smallest absolute Gasteiger partial charge is 0.123 e. The van der Waals surface area contributed by atoms with Gasteiger partial charge in [0.05, 0.1) is 6.54 Å². The van der Waals surface area contributed by atoms with Crippen molar-refractivity contribution >= 4 is 0 Å². The topological polar surface area (TPSA) is 35.2 Å². The van der Waals surface area contributed by atoms with Crippen LogP contribution < -0.4 is 10.5 Å². The standard InChI is InChI=1S/C19H21NO/c1-14-10-15(2)16(3)19(11-14)21-13-18-7-4-6-17(12-18)8-5-9-20/h4,6-7,10-12H,9,13,20H2,1-3H3. The summed E-state index contributed by atoms with van der Waals surface area (Å²) >= 11 is 0. The van der Waals surface area contributed by atoms with Crippen LogP contribution in [0.4, 0.5) is 0 Å². The van der Waals surface area contributed by atoms with Gasteiger partial charge in [0.1, 0.15) is 12.4 Å². The number of ether oxygens (including phenoxy) is 1. The molecule has 2 heteroatoms. The fourth-order valence-corrected chi connectivity index (χ4v) is 2.20. The van der Waals surface area contributed by atoms with Crippen molar-refractivity contribution in [3.63, 3.8) is 0 Å². The monoisotopic (exact) mass is 279 g/mol. The molecule has 0 atom stereocenters. The van der Waals surface area contributed by atoms with Gasteiger partial charge in [-0.05, 0) is 61.2 Å². The average molecular weight is 279 g/mol. The van der Waals surface area contributed by atoms with Gasteiger partial charge < -0.3 is 10.5 Å². The van der Waals surface area contributed by atoms with Crippen LogP contribution in [0.5, 0.6) is 5.75 Å². The van der Waals surface area contributed by atoms with Gasteiger partial charge in [-0.2, -0.15) is 0 Å². The molecule has 2 aromatic rings. The van der Waals surface area contributed by atoms with Gasteiger partial charge in [0, 0.05) is 5.56 Å². The second-order valence-corrected chi connectivity index (χ2v) is 5.20. The molecule has 0 amide bonds. The summed E-state index contributed by atoms with van der Waals surface area (Å²) in [4.78, 5) is 0. The van der Waals surface area contributed by atoms with Gasteiger partial charge in [0.2, 0.25) is 0 Å². The van der Waals surface area contributed by atoms with Crippen LogP contribution >= 0.6 is 0 Å². The third-order valence-electron chi connectivity index (χ3n) is 3.42. The number of aryl methyl sites for hydroxylation is 2. The first kappa shape index (κ1) is 15.2. The Morgan fingerprint density at radius 1 is 1.10 bits per heavy atom. The lowest BCUT2D eigenvalue weighted by atomic mass is 10.1. The minimum absolute atomic E-state index is 0.377. The normalized spacial score (nSPS) is 9.90. The van der Waals surface area contributed by atoms with Crippen molar-refractivity contribution in [2.24, 2.45) is 5.73 Å². The van der Waals surface area contributed by atoms with Gasteiger partial charge in [0.25, 0.3) is 0 Å². The molecule has 0 aliphatic heterocycles. The largest absolute Gasteiger partial charge is 0.489 e. The lowest BCUT2D eigenvalue weighted by Crippen LogP contribution is -1.99. The third kappa shape index (κ3) is 4.11. The highest BCUT2D eigenvalue weighted by molar-refractivity contribution is 5.42. The molecule has 2 nitrogen and oxygen atoms in total. The Hall–Kier alpha value is -2.24. The molecule has 0 spiro atoms. The van der Waals surface area contributed by atoms with E-state index in [4.69, 9.17) is 10.5 Å². The molecule has 0 aliphatic carbocycles. The molecule has 2 aromatic carbocycles. The van der Waals surface area contributed by atoms with Crippen molar-refractivity contribution in [3.8, 4) is 17.6 Å². The van der Waals surface area contributed by atoms with Crippen LogP contribution in [0.2, 0.25) is 0 Å². The van der Waals surface area contributed by atoms with Crippen LogP contribution in [-0.4, -0.2) is 6.54 Å². The zero-order valence-electron chi connectivity index (χ0n) is 12.9. The summed E-state index contributed by atoms with van der Waals surface area (Å²) < 4.78 is 5.97. The van der Waals surface area contributed by atoms with E-state index in [1.54, 1.807) is 0 Å². The van der Waals surface area contributed by atoms with E-state index in [9.17, 15) is 0 Å². The first-order valence-electron chi connectivity index (χ1n) is 7.08. The van der Waals surface area contributed by atoms with Crippen molar-refractivity contribution in [1.82, 2.24) is 0 Å². The van der Waals surface area contributed by atoms with E-state index in [2.05, 4.69) is 44.7 Å². The van der Waals surface area contributed by atoms with E-state index in [0.29, 0.717) is 13.2 Å². The molecular weight excluding hydrogens is 258 g/mol. The predicted molar refractivity (Wildman–Crippen MR) is 87.4 cm³/mol. The van der Waals surface area contributed by atoms with Crippen molar-refractivity contribution in [1.29, 1.82) is 0 Å². The van der Waals surface area contributed by atoms with Crippen molar-refractivity contribution in [3.05, 3.63) is 64.2 Å². The second kappa shape index (κ2) is 6.97. The molecule has 0 radical (unpaired) electrons. The summed E-state index contributed by atoms with van der Waals surface area (Å²) in [7, 11) is 0. The van der Waals surface area contributed by atoms with Crippen LogP contribution in [0.15, 0.2) is 36.4 Å². The minimum Gasteiger partial charge on any atom is -0.489 e. The summed E-state index contributed by atoms with van der Waals surface area (Å²) in [5.74, 6) is 6.86. The van der Waals surface area contributed by atoms with Crippen LogP contribution in [0.1, 0.15) is 27.8 Å². The van der Waals surface area contributed by atoms with Crippen molar-refractivity contribution in [2.75, 3.05) is 6.54 Å². The summed E-state index contributed by atoms with van der Waals surface area (Å²) in [6.45, 7) is 7.21. The Morgan fingerprint density at radius 3 is 2.67 bits per heavy atom. The molecule has 0 fully saturated rings. The Balaban J connectivity index is 2.13. The van der Waals surface area contributed by atoms with Gasteiger partial charge in [-0.1, -0.05) is 30.0 Å². The number of rotatable bonds is 3. The molecule has 2 N–H and O–H groups in total. The highest BCUT2D eigenvalue weighted by Crippen LogP contribution is 2.24.